The summed E-state index contributed by atoms with van der Waals surface area (Å²) in [5.41, 5.74) is 3.09. The molecule has 1 aromatic carbocycles. The van der Waals surface area contributed by atoms with E-state index in [1.807, 2.05) is 0 Å². The first-order valence-corrected chi connectivity index (χ1v) is 8.66. The maximum absolute atomic E-state index is 12.2. The van der Waals surface area contributed by atoms with E-state index in [0.717, 1.165) is 29.8 Å². The highest BCUT2D eigenvalue weighted by molar-refractivity contribution is 7.89. The predicted molar refractivity (Wildman–Crippen MR) is 83.0 cm³/mol. The van der Waals surface area contributed by atoms with E-state index in [0.29, 0.717) is 12.2 Å². The van der Waals surface area contributed by atoms with E-state index in [9.17, 15) is 13.2 Å². The molecule has 2 heterocycles. The van der Waals surface area contributed by atoms with Crippen molar-refractivity contribution in [3.8, 4) is 0 Å². The van der Waals surface area contributed by atoms with Gasteiger partial charge in [-0.3, -0.25) is 9.89 Å². The molecule has 0 atom stereocenters. The van der Waals surface area contributed by atoms with Crippen LogP contribution in [0.1, 0.15) is 27.3 Å². The Labute approximate surface area is 133 Å². The van der Waals surface area contributed by atoms with Crippen molar-refractivity contribution in [1.82, 2.24) is 20.8 Å². The van der Waals surface area contributed by atoms with Crippen LogP contribution < -0.4 is 15.8 Å². The van der Waals surface area contributed by atoms with Crippen LogP contribution in [0.4, 0.5) is 0 Å². The number of hydrogen-bond donors (Lipinski definition) is 4. The van der Waals surface area contributed by atoms with Crippen LogP contribution in [0.5, 0.6) is 0 Å². The van der Waals surface area contributed by atoms with Crippen LogP contribution in [0.25, 0.3) is 0 Å². The second kappa shape index (κ2) is 6.11. The molecule has 1 aromatic heterocycles. The fourth-order valence-electron chi connectivity index (χ4n) is 2.49. The summed E-state index contributed by atoms with van der Waals surface area (Å²) in [5.74, 6) is -0.250. The molecule has 5 N–H and O–H groups in total. The van der Waals surface area contributed by atoms with Gasteiger partial charge in [0.05, 0.1) is 10.6 Å². The van der Waals surface area contributed by atoms with E-state index < -0.39 is 10.0 Å². The van der Waals surface area contributed by atoms with Crippen molar-refractivity contribution in [1.29, 1.82) is 0 Å². The van der Waals surface area contributed by atoms with Crippen molar-refractivity contribution in [2.24, 2.45) is 5.14 Å². The maximum atomic E-state index is 12.2. The summed E-state index contributed by atoms with van der Waals surface area (Å²) in [5, 5.41) is 18.0. The largest absolute Gasteiger partial charge is 0.347 e. The molecule has 9 heteroatoms. The molecule has 0 fully saturated rings. The van der Waals surface area contributed by atoms with Gasteiger partial charge in [-0.25, -0.2) is 13.6 Å². The number of aromatic amines is 1. The quantitative estimate of drug-likeness (QED) is 0.606. The van der Waals surface area contributed by atoms with Crippen LogP contribution >= 0.6 is 0 Å². The van der Waals surface area contributed by atoms with Gasteiger partial charge >= 0.3 is 0 Å². The van der Waals surface area contributed by atoms with Crippen LogP contribution in [0, 0.1) is 0 Å². The number of amides is 1. The van der Waals surface area contributed by atoms with Crippen LogP contribution in [0.3, 0.4) is 0 Å². The number of carbonyl (C=O) groups excluding carboxylic acids is 1. The third-order valence-corrected chi connectivity index (χ3v) is 4.66. The Balaban J connectivity index is 1.66. The number of nitrogens with two attached hydrogens (primary N) is 1. The smallest absolute Gasteiger partial charge is 0.272 e. The van der Waals surface area contributed by atoms with Gasteiger partial charge in [0.15, 0.2) is 5.69 Å². The third kappa shape index (κ3) is 3.41. The topological polar surface area (TPSA) is 130 Å². The van der Waals surface area contributed by atoms with Crippen LogP contribution in [0.15, 0.2) is 29.2 Å². The Hall–Kier alpha value is -2.23. The van der Waals surface area contributed by atoms with E-state index in [-0.39, 0.29) is 17.3 Å². The fraction of sp³-hybridized carbons (Fsp3) is 0.286. The summed E-state index contributed by atoms with van der Waals surface area (Å²) in [4.78, 5) is 12.3. The number of hydrogen-bond acceptors (Lipinski definition) is 5. The van der Waals surface area contributed by atoms with Gasteiger partial charge in [-0.1, -0.05) is 12.1 Å². The van der Waals surface area contributed by atoms with Gasteiger partial charge in [0.25, 0.3) is 5.91 Å². The van der Waals surface area contributed by atoms with Gasteiger partial charge in [0, 0.05) is 18.7 Å². The molecular formula is C14H17N5O3S. The van der Waals surface area contributed by atoms with Gasteiger partial charge in [-0.2, -0.15) is 5.10 Å². The molecule has 1 aliphatic heterocycles. The van der Waals surface area contributed by atoms with E-state index in [4.69, 9.17) is 5.14 Å². The number of primary sulfonamides is 1. The molecule has 0 saturated heterocycles. The van der Waals surface area contributed by atoms with Crippen molar-refractivity contribution in [2.75, 3.05) is 6.54 Å². The summed E-state index contributed by atoms with van der Waals surface area (Å²) in [6, 6.07) is 6.06. The molecule has 0 unspecified atom stereocenters. The van der Waals surface area contributed by atoms with Crippen molar-refractivity contribution in [2.45, 2.75) is 24.4 Å². The zero-order chi connectivity index (χ0) is 16.4. The Bertz CT molecular complexity index is 827. The lowest BCUT2D eigenvalue weighted by Gasteiger charge is -2.12. The monoisotopic (exact) mass is 335 g/mol. The second-order valence-electron chi connectivity index (χ2n) is 5.33. The maximum Gasteiger partial charge on any atom is 0.272 e. The normalized spacial score (nSPS) is 14.3. The van der Waals surface area contributed by atoms with Gasteiger partial charge in [0.1, 0.15) is 0 Å². The lowest BCUT2D eigenvalue weighted by Crippen LogP contribution is -2.27. The lowest BCUT2D eigenvalue weighted by molar-refractivity contribution is 0.0945. The molecule has 0 radical (unpaired) electrons. The molecule has 3 rings (SSSR count). The van der Waals surface area contributed by atoms with E-state index in [2.05, 4.69) is 20.8 Å². The minimum absolute atomic E-state index is 0.0430. The molecule has 2 aromatic rings. The minimum Gasteiger partial charge on any atom is -0.347 e. The first kappa shape index (κ1) is 15.7. The van der Waals surface area contributed by atoms with E-state index in [1.165, 1.54) is 12.1 Å². The molecule has 8 nitrogen and oxygen atoms in total. The summed E-state index contributed by atoms with van der Waals surface area (Å²) in [7, 11) is -3.70. The van der Waals surface area contributed by atoms with Crippen molar-refractivity contribution < 1.29 is 13.2 Å². The Morgan fingerprint density at radius 1 is 1.30 bits per heavy atom. The van der Waals surface area contributed by atoms with Crippen molar-refractivity contribution >= 4 is 15.9 Å². The summed E-state index contributed by atoms with van der Waals surface area (Å²) >= 11 is 0. The average molecular weight is 335 g/mol. The molecular weight excluding hydrogens is 318 g/mol. The van der Waals surface area contributed by atoms with Gasteiger partial charge in [-0.05, 0) is 30.7 Å². The summed E-state index contributed by atoms with van der Waals surface area (Å²) in [6.07, 6.45) is 0.762. The summed E-state index contributed by atoms with van der Waals surface area (Å²) in [6.45, 7) is 1.79. The molecule has 1 aliphatic rings. The number of H-pyrrole nitrogens is 1. The number of nitrogens with zero attached hydrogens (tertiary/aromatic N) is 1. The summed E-state index contributed by atoms with van der Waals surface area (Å²) < 4.78 is 22.4. The highest BCUT2D eigenvalue weighted by Gasteiger charge is 2.21. The number of fused-ring (bicyclic) bond motifs is 1. The predicted octanol–water partition coefficient (Wildman–Crippen LogP) is -0.367. The highest BCUT2D eigenvalue weighted by atomic mass is 32.2. The van der Waals surface area contributed by atoms with Crippen LogP contribution in [-0.4, -0.2) is 31.1 Å². The standard InChI is InChI=1S/C14H17N5O3S/c15-23(21,22)10-3-1-9(2-4-10)7-17-14(20)13-11-5-6-16-8-12(11)18-19-13/h1-4,16H,5-8H2,(H,17,20)(H,18,19)(H2,15,21,22). The molecule has 1 amide bonds. The molecule has 0 saturated carbocycles. The minimum atomic E-state index is -3.70. The van der Waals surface area contributed by atoms with Crippen LogP contribution in [-0.2, 0) is 29.5 Å². The lowest BCUT2D eigenvalue weighted by atomic mass is 10.1. The second-order valence-corrected chi connectivity index (χ2v) is 6.89. The Morgan fingerprint density at radius 2 is 2.04 bits per heavy atom. The van der Waals surface area contributed by atoms with Gasteiger partial charge in [0.2, 0.25) is 10.0 Å². The molecule has 0 bridgehead atoms. The van der Waals surface area contributed by atoms with Gasteiger partial charge in [-0.15, -0.1) is 0 Å². The van der Waals surface area contributed by atoms with Crippen molar-refractivity contribution in [3.05, 3.63) is 46.8 Å². The fourth-order valence-corrected chi connectivity index (χ4v) is 3.01. The van der Waals surface area contributed by atoms with Crippen LogP contribution in [0.2, 0.25) is 0 Å². The zero-order valence-electron chi connectivity index (χ0n) is 12.3. The van der Waals surface area contributed by atoms with Gasteiger partial charge < -0.3 is 10.6 Å². The first-order chi connectivity index (χ1) is 10.9. The number of sulfonamides is 1. The number of benzene rings is 1. The third-order valence-electron chi connectivity index (χ3n) is 3.73. The Morgan fingerprint density at radius 3 is 2.74 bits per heavy atom. The first-order valence-electron chi connectivity index (χ1n) is 7.12. The SMILES string of the molecule is NS(=O)(=O)c1ccc(CNC(=O)c2n[nH]c3c2CCNC3)cc1. The number of rotatable bonds is 4. The number of nitrogens with one attached hydrogen (secondary N) is 3. The van der Waals surface area contributed by atoms with Crippen molar-refractivity contribution in [3.63, 3.8) is 0 Å². The Kier molecular flexibility index (Phi) is 4.16. The molecule has 0 aliphatic carbocycles. The molecule has 122 valence electrons. The van der Waals surface area contributed by atoms with E-state index >= 15 is 0 Å². The molecule has 0 spiro atoms. The zero-order valence-corrected chi connectivity index (χ0v) is 13.1. The number of carbonyl (C=O) groups is 1. The highest BCUT2D eigenvalue weighted by Crippen LogP contribution is 2.15. The number of aromatic nitrogens is 2. The van der Waals surface area contributed by atoms with E-state index in [1.54, 1.807) is 12.1 Å². The molecule has 23 heavy (non-hydrogen) atoms. The average Bonchev–Trinajstić information content (AvgIpc) is 2.96.